The highest BCUT2D eigenvalue weighted by molar-refractivity contribution is 7.89. The smallest absolute Gasteiger partial charge is 0.217 e. The molecule has 0 radical (unpaired) electrons. The van der Waals surface area contributed by atoms with Crippen molar-refractivity contribution in [2.75, 3.05) is 13.6 Å². The maximum Gasteiger partial charge on any atom is 0.217 e. The normalized spacial score (nSPS) is 15.8. The lowest BCUT2D eigenvalue weighted by atomic mass is 10.2. The van der Waals surface area contributed by atoms with Gasteiger partial charge >= 0.3 is 0 Å². The van der Waals surface area contributed by atoms with Crippen LogP contribution >= 0.6 is 11.3 Å². The lowest BCUT2D eigenvalue weighted by Gasteiger charge is -2.27. The molecule has 1 N–H and O–H groups in total. The van der Waals surface area contributed by atoms with Gasteiger partial charge in [0, 0.05) is 30.6 Å². The van der Waals surface area contributed by atoms with E-state index in [4.69, 9.17) is 0 Å². The maximum atomic E-state index is 12.5. The first-order valence-corrected chi connectivity index (χ1v) is 9.36. The van der Waals surface area contributed by atoms with Crippen molar-refractivity contribution >= 4 is 21.4 Å². The Morgan fingerprint density at radius 1 is 1.30 bits per heavy atom. The minimum Gasteiger partial charge on any atom is -0.313 e. The van der Waals surface area contributed by atoms with E-state index in [9.17, 15) is 8.42 Å². The SMILES string of the molecule is CC(C)NCC(C)S(=O)(=O)N(C)C(C)Cc1cccs1. The zero-order chi connectivity index (χ0) is 15.3. The van der Waals surface area contributed by atoms with Gasteiger partial charge in [0.2, 0.25) is 10.0 Å². The van der Waals surface area contributed by atoms with Crippen LogP contribution in [0.2, 0.25) is 0 Å². The number of hydrogen-bond acceptors (Lipinski definition) is 4. The molecular formula is C14H26N2O2S2. The van der Waals surface area contributed by atoms with Crippen molar-refractivity contribution in [2.45, 2.75) is 51.4 Å². The van der Waals surface area contributed by atoms with E-state index in [1.807, 2.05) is 38.3 Å². The molecule has 2 atom stereocenters. The summed E-state index contributed by atoms with van der Waals surface area (Å²) in [4.78, 5) is 1.22. The van der Waals surface area contributed by atoms with E-state index in [0.717, 1.165) is 6.42 Å². The van der Waals surface area contributed by atoms with Crippen molar-refractivity contribution in [1.29, 1.82) is 0 Å². The zero-order valence-corrected chi connectivity index (χ0v) is 14.6. The molecule has 4 nitrogen and oxygen atoms in total. The quantitative estimate of drug-likeness (QED) is 0.800. The summed E-state index contributed by atoms with van der Waals surface area (Å²) in [6.07, 6.45) is 0.762. The molecule has 0 fully saturated rings. The van der Waals surface area contributed by atoms with Gasteiger partial charge in [-0.15, -0.1) is 11.3 Å². The van der Waals surface area contributed by atoms with Crippen LogP contribution < -0.4 is 5.32 Å². The number of likely N-dealkylation sites (N-methyl/N-ethyl adjacent to an activating group) is 1. The third-order valence-electron chi connectivity index (χ3n) is 3.42. The van der Waals surface area contributed by atoms with Crippen LogP contribution in [0, 0.1) is 0 Å². The van der Waals surface area contributed by atoms with E-state index in [2.05, 4.69) is 5.32 Å². The van der Waals surface area contributed by atoms with Crippen LogP contribution in [0.5, 0.6) is 0 Å². The monoisotopic (exact) mass is 318 g/mol. The number of sulfonamides is 1. The minimum atomic E-state index is -3.26. The summed E-state index contributed by atoms with van der Waals surface area (Å²) in [6, 6.07) is 4.31. The van der Waals surface area contributed by atoms with Gasteiger partial charge in [0.15, 0.2) is 0 Å². The second kappa shape index (κ2) is 7.54. The molecule has 1 aromatic heterocycles. The molecule has 20 heavy (non-hydrogen) atoms. The van der Waals surface area contributed by atoms with Crippen LogP contribution in [0.1, 0.15) is 32.6 Å². The molecule has 2 unspecified atom stereocenters. The number of nitrogens with one attached hydrogen (secondary N) is 1. The van der Waals surface area contributed by atoms with Crippen molar-refractivity contribution in [3.05, 3.63) is 22.4 Å². The predicted octanol–water partition coefficient (Wildman–Crippen LogP) is 2.33. The Balaban J connectivity index is 2.65. The summed E-state index contributed by atoms with van der Waals surface area (Å²) in [5, 5.41) is 4.79. The van der Waals surface area contributed by atoms with Gasteiger partial charge in [0.1, 0.15) is 0 Å². The Morgan fingerprint density at radius 2 is 1.95 bits per heavy atom. The summed E-state index contributed by atoms with van der Waals surface area (Å²) in [6.45, 7) is 8.24. The summed E-state index contributed by atoms with van der Waals surface area (Å²) < 4.78 is 26.5. The summed E-state index contributed by atoms with van der Waals surface area (Å²) in [7, 11) is -1.58. The fourth-order valence-corrected chi connectivity index (χ4v) is 4.17. The van der Waals surface area contributed by atoms with E-state index >= 15 is 0 Å². The van der Waals surface area contributed by atoms with Gasteiger partial charge in [-0.2, -0.15) is 0 Å². The molecule has 0 spiro atoms. The molecule has 0 saturated heterocycles. The molecule has 1 heterocycles. The van der Waals surface area contributed by atoms with Crippen molar-refractivity contribution in [2.24, 2.45) is 0 Å². The van der Waals surface area contributed by atoms with Crippen LogP contribution in [0.15, 0.2) is 17.5 Å². The first-order valence-electron chi connectivity index (χ1n) is 6.97. The Morgan fingerprint density at radius 3 is 2.45 bits per heavy atom. The largest absolute Gasteiger partial charge is 0.313 e. The van der Waals surface area contributed by atoms with E-state index in [0.29, 0.717) is 12.6 Å². The third kappa shape index (κ3) is 4.84. The third-order valence-corrected chi connectivity index (χ3v) is 6.67. The highest BCUT2D eigenvalue weighted by Crippen LogP contribution is 2.17. The Labute approximate surface area is 127 Å². The summed E-state index contributed by atoms with van der Waals surface area (Å²) >= 11 is 1.67. The molecule has 1 rings (SSSR count). The molecule has 0 aromatic carbocycles. The van der Waals surface area contributed by atoms with E-state index in [1.54, 1.807) is 25.3 Å². The van der Waals surface area contributed by atoms with Crippen molar-refractivity contribution < 1.29 is 8.42 Å². The van der Waals surface area contributed by atoms with Crippen LogP contribution in [-0.4, -0.2) is 43.6 Å². The lowest BCUT2D eigenvalue weighted by molar-refractivity contribution is 0.381. The standard InChI is InChI=1S/C14H26N2O2S2/c1-11(2)15-10-13(4)20(17,18)16(5)12(3)9-14-7-6-8-19-14/h6-8,11-13,15H,9-10H2,1-5H3. The molecule has 0 amide bonds. The molecule has 0 saturated carbocycles. The van der Waals surface area contributed by atoms with Gasteiger partial charge in [-0.25, -0.2) is 12.7 Å². The van der Waals surface area contributed by atoms with Crippen molar-refractivity contribution in [3.8, 4) is 0 Å². The van der Waals surface area contributed by atoms with Crippen molar-refractivity contribution in [3.63, 3.8) is 0 Å². The topological polar surface area (TPSA) is 49.4 Å². The lowest BCUT2D eigenvalue weighted by Crippen LogP contribution is -2.45. The highest BCUT2D eigenvalue weighted by atomic mass is 32.2. The average molecular weight is 319 g/mol. The van der Waals surface area contributed by atoms with E-state index in [-0.39, 0.29) is 6.04 Å². The zero-order valence-electron chi connectivity index (χ0n) is 13.0. The molecule has 0 aliphatic heterocycles. The second-order valence-corrected chi connectivity index (χ2v) is 9.01. The Bertz CT molecular complexity index is 483. The second-order valence-electron chi connectivity index (χ2n) is 5.57. The van der Waals surface area contributed by atoms with Gasteiger partial charge in [-0.05, 0) is 31.7 Å². The van der Waals surface area contributed by atoms with Crippen LogP contribution in [0.4, 0.5) is 0 Å². The Hall–Kier alpha value is -0.430. The van der Waals surface area contributed by atoms with Crippen LogP contribution in [0.3, 0.4) is 0 Å². The predicted molar refractivity (Wildman–Crippen MR) is 86.8 cm³/mol. The molecule has 0 aliphatic rings. The maximum absolute atomic E-state index is 12.5. The number of nitrogens with zero attached hydrogens (tertiary/aromatic N) is 1. The minimum absolute atomic E-state index is 0.0276. The summed E-state index contributed by atoms with van der Waals surface area (Å²) in [5.41, 5.74) is 0. The fraction of sp³-hybridized carbons (Fsp3) is 0.714. The van der Waals surface area contributed by atoms with E-state index < -0.39 is 15.3 Å². The first kappa shape index (κ1) is 17.6. The Kier molecular flexibility index (Phi) is 6.64. The fourth-order valence-electron chi connectivity index (χ4n) is 1.89. The number of rotatable bonds is 8. The molecule has 6 heteroatoms. The van der Waals surface area contributed by atoms with Gasteiger partial charge < -0.3 is 5.32 Å². The van der Waals surface area contributed by atoms with Crippen LogP contribution in [-0.2, 0) is 16.4 Å². The van der Waals surface area contributed by atoms with Gasteiger partial charge in [0.05, 0.1) is 5.25 Å². The van der Waals surface area contributed by atoms with E-state index in [1.165, 1.54) is 9.18 Å². The van der Waals surface area contributed by atoms with Gasteiger partial charge in [-0.3, -0.25) is 0 Å². The van der Waals surface area contributed by atoms with Crippen LogP contribution in [0.25, 0.3) is 0 Å². The molecule has 1 aromatic rings. The average Bonchev–Trinajstić information content (AvgIpc) is 2.87. The van der Waals surface area contributed by atoms with Crippen molar-refractivity contribution in [1.82, 2.24) is 9.62 Å². The van der Waals surface area contributed by atoms with Gasteiger partial charge in [0.25, 0.3) is 0 Å². The number of hydrogen-bond donors (Lipinski definition) is 1. The molecule has 116 valence electrons. The van der Waals surface area contributed by atoms with Gasteiger partial charge in [-0.1, -0.05) is 19.9 Å². The molecular weight excluding hydrogens is 292 g/mol. The highest BCUT2D eigenvalue weighted by Gasteiger charge is 2.29. The summed E-state index contributed by atoms with van der Waals surface area (Å²) in [5.74, 6) is 0. The first-order chi connectivity index (χ1) is 9.25. The molecule has 0 bridgehead atoms. The molecule has 0 aliphatic carbocycles. The number of thiophene rings is 1.